The van der Waals surface area contributed by atoms with Crippen LogP contribution in [-0.4, -0.2) is 19.3 Å². The number of carbonyl (C=O) groups is 1. The number of thioether (sulfide) groups is 1. The second-order valence-electron chi connectivity index (χ2n) is 6.33. The zero-order valence-corrected chi connectivity index (χ0v) is 16.3. The summed E-state index contributed by atoms with van der Waals surface area (Å²) in [7, 11) is 1.43. The summed E-state index contributed by atoms with van der Waals surface area (Å²) in [5.74, 6) is -0.304. The molecule has 0 aliphatic heterocycles. The summed E-state index contributed by atoms with van der Waals surface area (Å²) >= 11 is 1.56. The van der Waals surface area contributed by atoms with Crippen LogP contribution in [0.1, 0.15) is 21.5 Å². The van der Waals surface area contributed by atoms with Gasteiger partial charge < -0.3 is 4.74 Å². The lowest BCUT2D eigenvalue weighted by Crippen LogP contribution is -2.06. The van der Waals surface area contributed by atoms with Crippen LogP contribution in [0.25, 0.3) is 22.3 Å². The topological polar surface area (TPSA) is 26.3 Å². The number of esters is 1. The quantitative estimate of drug-likeness (QED) is 0.411. The Bertz CT molecular complexity index is 960. The van der Waals surface area contributed by atoms with Crippen molar-refractivity contribution in [2.24, 2.45) is 0 Å². The molecule has 3 rings (SSSR count). The lowest BCUT2D eigenvalue weighted by molar-refractivity contribution is 0.0598. The maximum absolute atomic E-state index is 12.5. The van der Waals surface area contributed by atoms with E-state index in [0.717, 1.165) is 32.7 Å². The zero-order chi connectivity index (χ0) is 18.7. The van der Waals surface area contributed by atoms with Crippen molar-refractivity contribution >= 4 is 17.7 Å². The Morgan fingerprint density at radius 3 is 2.04 bits per heavy atom. The largest absolute Gasteiger partial charge is 0.465 e. The molecule has 0 heterocycles. The van der Waals surface area contributed by atoms with Gasteiger partial charge in [-0.05, 0) is 54.5 Å². The lowest BCUT2D eigenvalue weighted by atomic mass is 9.93. The minimum absolute atomic E-state index is 0.304. The van der Waals surface area contributed by atoms with E-state index in [1.807, 2.05) is 18.4 Å². The number of carbonyl (C=O) groups excluding carboxylic acids is 1. The third kappa shape index (κ3) is 3.68. The van der Waals surface area contributed by atoms with Crippen LogP contribution in [0.2, 0.25) is 0 Å². The van der Waals surface area contributed by atoms with Gasteiger partial charge in [0, 0.05) is 4.90 Å². The molecule has 0 saturated heterocycles. The fourth-order valence-corrected chi connectivity index (χ4v) is 3.76. The van der Waals surface area contributed by atoms with Gasteiger partial charge in [-0.1, -0.05) is 59.7 Å². The fraction of sp³-hybridized carbons (Fsp3) is 0.174. The number of rotatable bonds is 4. The van der Waals surface area contributed by atoms with Gasteiger partial charge >= 0.3 is 5.97 Å². The first-order valence-corrected chi connectivity index (χ1v) is 9.70. The Balaban J connectivity index is 2.31. The van der Waals surface area contributed by atoms with E-state index in [1.54, 1.807) is 11.8 Å². The predicted octanol–water partition coefficient (Wildman–Crippen LogP) is 6.15. The highest BCUT2D eigenvalue weighted by Crippen LogP contribution is 2.37. The third-order valence-electron chi connectivity index (χ3n) is 4.39. The molecule has 26 heavy (non-hydrogen) atoms. The third-order valence-corrected chi connectivity index (χ3v) is 5.15. The first-order valence-electron chi connectivity index (χ1n) is 8.48. The molecule has 0 bridgehead atoms. The molecule has 3 aromatic carbocycles. The standard InChI is InChI=1S/C23H22O2S/c1-15-7-5-9-17(11-15)19-13-20(18-10-6-8-16(2)12-18)22(23(24)25-3)21(14-19)26-4/h5-14H,1-4H3. The van der Waals surface area contributed by atoms with E-state index in [1.165, 1.54) is 12.7 Å². The van der Waals surface area contributed by atoms with E-state index in [4.69, 9.17) is 4.74 Å². The van der Waals surface area contributed by atoms with Crippen molar-refractivity contribution in [1.29, 1.82) is 0 Å². The lowest BCUT2D eigenvalue weighted by Gasteiger charge is -2.16. The van der Waals surface area contributed by atoms with Crippen molar-refractivity contribution in [3.05, 3.63) is 77.4 Å². The van der Waals surface area contributed by atoms with Crippen LogP contribution in [0, 0.1) is 13.8 Å². The highest BCUT2D eigenvalue weighted by Gasteiger charge is 2.20. The maximum Gasteiger partial charge on any atom is 0.339 e. The van der Waals surface area contributed by atoms with E-state index in [2.05, 4.69) is 62.4 Å². The first-order chi connectivity index (χ1) is 12.5. The van der Waals surface area contributed by atoms with Crippen LogP contribution in [-0.2, 0) is 4.74 Å². The SMILES string of the molecule is COC(=O)c1c(SC)cc(-c2cccc(C)c2)cc1-c1cccc(C)c1. The molecule has 3 aromatic rings. The maximum atomic E-state index is 12.5. The van der Waals surface area contributed by atoms with Gasteiger partial charge in [0.2, 0.25) is 0 Å². The minimum Gasteiger partial charge on any atom is -0.465 e. The summed E-state index contributed by atoms with van der Waals surface area (Å²) in [6.07, 6.45) is 1.99. The number of aryl methyl sites for hydroxylation is 2. The number of hydrogen-bond acceptors (Lipinski definition) is 3. The van der Waals surface area contributed by atoms with Gasteiger partial charge in [0.05, 0.1) is 12.7 Å². The van der Waals surface area contributed by atoms with Crippen molar-refractivity contribution in [3.8, 4) is 22.3 Å². The highest BCUT2D eigenvalue weighted by atomic mass is 32.2. The molecule has 132 valence electrons. The average molecular weight is 362 g/mol. The molecule has 0 N–H and O–H groups in total. The summed E-state index contributed by atoms with van der Waals surface area (Å²) in [4.78, 5) is 13.5. The molecule has 2 nitrogen and oxygen atoms in total. The monoisotopic (exact) mass is 362 g/mol. The molecule has 0 aliphatic carbocycles. The Labute approximate surface area is 159 Å². The molecule has 0 aliphatic rings. The summed E-state index contributed by atoms with van der Waals surface area (Å²) in [6, 6.07) is 20.8. The Hall–Kier alpha value is -2.52. The van der Waals surface area contributed by atoms with Gasteiger partial charge in [0.1, 0.15) is 0 Å². The number of methoxy groups -OCH3 is 1. The van der Waals surface area contributed by atoms with Crippen molar-refractivity contribution in [2.75, 3.05) is 13.4 Å². The van der Waals surface area contributed by atoms with Crippen molar-refractivity contribution in [3.63, 3.8) is 0 Å². The van der Waals surface area contributed by atoms with E-state index in [9.17, 15) is 4.79 Å². The average Bonchev–Trinajstić information content (AvgIpc) is 2.66. The summed E-state index contributed by atoms with van der Waals surface area (Å²) < 4.78 is 5.08. The van der Waals surface area contributed by atoms with Crippen molar-refractivity contribution in [1.82, 2.24) is 0 Å². The Morgan fingerprint density at radius 1 is 0.846 bits per heavy atom. The highest BCUT2D eigenvalue weighted by molar-refractivity contribution is 7.98. The molecule has 0 amide bonds. The predicted molar refractivity (Wildman–Crippen MR) is 110 cm³/mol. The van der Waals surface area contributed by atoms with Crippen molar-refractivity contribution < 1.29 is 9.53 Å². The molecule has 0 saturated carbocycles. The molecule has 3 heteroatoms. The summed E-state index contributed by atoms with van der Waals surface area (Å²) in [5.41, 5.74) is 7.17. The molecule has 0 fully saturated rings. The fourth-order valence-electron chi connectivity index (χ4n) is 3.12. The number of hydrogen-bond donors (Lipinski definition) is 0. The second kappa shape index (κ2) is 7.79. The smallest absolute Gasteiger partial charge is 0.339 e. The summed E-state index contributed by atoms with van der Waals surface area (Å²) in [6.45, 7) is 4.14. The van der Waals surface area contributed by atoms with Crippen LogP contribution in [0.4, 0.5) is 0 Å². The van der Waals surface area contributed by atoms with Crippen LogP contribution >= 0.6 is 11.8 Å². The van der Waals surface area contributed by atoms with E-state index in [-0.39, 0.29) is 5.97 Å². The minimum atomic E-state index is -0.304. The van der Waals surface area contributed by atoms with Gasteiger partial charge in [0.25, 0.3) is 0 Å². The van der Waals surface area contributed by atoms with E-state index >= 15 is 0 Å². The van der Waals surface area contributed by atoms with Gasteiger partial charge in [-0.2, -0.15) is 0 Å². The van der Waals surface area contributed by atoms with Crippen LogP contribution < -0.4 is 0 Å². The first kappa shape index (κ1) is 18.3. The molecule has 0 atom stereocenters. The van der Waals surface area contributed by atoms with E-state index in [0.29, 0.717) is 5.56 Å². The molecular weight excluding hydrogens is 340 g/mol. The normalized spacial score (nSPS) is 10.6. The molecule has 0 aromatic heterocycles. The molecule has 0 unspecified atom stereocenters. The Kier molecular flexibility index (Phi) is 5.48. The van der Waals surface area contributed by atoms with Crippen molar-refractivity contribution in [2.45, 2.75) is 18.7 Å². The van der Waals surface area contributed by atoms with E-state index < -0.39 is 0 Å². The Morgan fingerprint density at radius 2 is 1.46 bits per heavy atom. The summed E-state index contributed by atoms with van der Waals surface area (Å²) in [5, 5.41) is 0. The van der Waals surface area contributed by atoms with Crippen LogP contribution in [0.15, 0.2) is 65.6 Å². The molecule has 0 spiro atoms. The van der Waals surface area contributed by atoms with Gasteiger partial charge in [0.15, 0.2) is 0 Å². The zero-order valence-electron chi connectivity index (χ0n) is 15.5. The second-order valence-corrected chi connectivity index (χ2v) is 7.18. The molecular formula is C23H22O2S. The molecule has 0 radical (unpaired) electrons. The van der Waals surface area contributed by atoms with Gasteiger partial charge in [-0.15, -0.1) is 11.8 Å². The number of ether oxygens (including phenoxy) is 1. The van der Waals surface area contributed by atoms with Gasteiger partial charge in [-0.25, -0.2) is 4.79 Å². The van der Waals surface area contributed by atoms with Gasteiger partial charge in [-0.3, -0.25) is 0 Å². The van der Waals surface area contributed by atoms with Crippen LogP contribution in [0.5, 0.6) is 0 Å². The number of benzene rings is 3. The van der Waals surface area contributed by atoms with Crippen LogP contribution in [0.3, 0.4) is 0 Å².